The minimum Gasteiger partial charge on any atom is -0.360 e. The van der Waals surface area contributed by atoms with Gasteiger partial charge in [0.15, 0.2) is 5.65 Å². The van der Waals surface area contributed by atoms with Gasteiger partial charge < -0.3 is 10.6 Å². The summed E-state index contributed by atoms with van der Waals surface area (Å²) in [5, 5.41) is 11.0. The van der Waals surface area contributed by atoms with Crippen molar-refractivity contribution in [2.24, 2.45) is 13.0 Å². The van der Waals surface area contributed by atoms with Crippen molar-refractivity contribution in [1.29, 1.82) is 0 Å². The Bertz CT molecular complexity index is 651. The molecule has 20 heavy (non-hydrogen) atoms. The fourth-order valence-electron chi connectivity index (χ4n) is 1.98. The number of carbonyl (C=O) groups is 1. The van der Waals surface area contributed by atoms with Crippen LogP contribution in [0.1, 0.15) is 12.8 Å². The first-order valence-electron chi connectivity index (χ1n) is 6.49. The van der Waals surface area contributed by atoms with Gasteiger partial charge in [0.25, 0.3) is 0 Å². The van der Waals surface area contributed by atoms with Crippen LogP contribution in [0, 0.1) is 5.92 Å². The molecule has 0 spiro atoms. The first-order chi connectivity index (χ1) is 9.65. The molecule has 2 heterocycles. The Balaban J connectivity index is 1.68. The van der Waals surface area contributed by atoms with Crippen molar-refractivity contribution in [3.05, 3.63) is 10.9 Å². The summed E-state index contributed by atoms with van der Waals surface area (Å²) in [5.41, 5.74) is 0.716. The van der Waals surface area contributed by atoms with E-state index in [0.717, 1.165) is 11.9 Å². The van der Waals surface area contributed by atoms with Gasteiger partial charge in [0, 0.05) is 13.6 Å². The maximum absolute atomic E-state index is 11.7. The summed E-state index contributed by atoms with van der Waals surface area (Å²) in [6.07, 6.45) is 3.91. The SMILES string of the molecule is Cn1nc(Br)c2c(NCC(=O)NCC3CC3)ncnc21. The van der Waals surface area contributed by atoms with Gasteiger partial charge in [-0.3, -0.25) is 4.79 Å². The standard InChI is InChI=1S/C12H15BrN6O/c1-19-12-9(10(13)18-19)11(16-6-17-12)15-5-8(20)14-4-7-2-3-7/h6-7H,2-5H2,1H3,(H,14,20)(H,15,16,17). The molecule has 3 rings (SSSR count). The largest absolute Gasteiger partial charge is 0.360 e. The number of aryl methyl sites for hydroxylation is 1. The topological polar surface area (TPSA) is 84.7 Å². The highest BCUT2D eigenvalue weighted by Crippen LogP contribution is 2.28. The summed E-state index contributed by atoms with van der Waals surface area (Å²) in [6, 6.07) is 0. The average molecular weight is 339 g/mol. The van der Waals surface area contributed by atoms with Crippen molar-refractivity contribution in [3.8, 4) is 0 Å². The molecular weight excluding hydrogens is 324 g/mol. The predicted molar refractivity (Wildman–Crippen MR) is 78.2 cm³/mol. The van der Waals surface area contributed by atoms with Crippen molar-refractivity contribution in [2.45, 2.75) is 12.8 Å². The first-order valence-corrected chi connectivity index (χ1v) is 7.28. The molecule has 0 aromatic carbocycles. The van der Waals surface area contributed by atoms with E-state index in [9.17, 15) is 4.79 Å². The maximum atomic E-state index is 11.7. The summed E-state index contributed by atoms with van der Waals surface area (Å²) in [4.78, 5) is 20.1. The molecule has 2 aromatic heterocycles. The number of nitrogens with zero attached hydrogens (tertiary/aromatic N) is 4. The lowest BCUT2D eigenvalue weighted by Crippen LogP contribution is -2.31. The molecule has 8 heteroatoms. The maximum Gasteiger partial charge on any atom is 0.239 e. The molecule has 2 aromatic rings. The van der Waals surface area contributed by atoms with Crippen LogP contribution in [0.2, 0.25) is 0 Å². The highest BCUT2D eigenvalue weighted by molar-refractivity contribution is 9.10. The predicted octanol–water partition coefficient (Wildman–Crippen LogP) is 1.06. The van der Waals surface area contributed by atoms with E-state index < -0.39 is 0 Å². The molecule has 106 valence electrons. The van der Waals surface area contributed by atoms with Crippen LogP contribution in [0.4, 0.5) is 5.82 Å². The van der Waals surface area contributed by atoms with Crippen LogP contribution in [0.5, 0.6) is 0 Å². The highest BCUT2D eigenvalue weighted by atomic mass is 79.9. The van der Waals surface area contributed by atoms with Crippen molar-refractivity contribution < 1.29 is 4.79 Å². The van der Waals surface area contributed by atoms with Crippen molar-refractivity contribution >= 4 is 38.7 Å². The minimum atomic E-state index is -0.0244. The monoisotopic (exact) mass is 338 g/mol. The fraction of sp³-hybridized carbons (Fsp3) is 0.500. The molecule has 0 saturated heterocycles. The highest BCUT2D eigenvalue weighted by Gasteiger charge is 2.21. The van der Waals surface area contributed by atoms with Crippen LogP contribution in [0.3, 0.4) is 0 Å². The molecule has 1 aliphatic rings. The number of rotatable bonds is 5. The Morgan fingerprint density at radius 3 is 3.05 bits per heavy atom. The number of aromatic nitrogens is 4. The number of carbonyl (C=O) groups excluding carboxylic acids is 1. The second-order valence-electron chi connectivity index (χ2n) is 4.94. The van der Waals surface area contributed by atoms with Gasteiger partial charge >= 0.3 is 0 Å². The number of fused-ring (bicyclic) bond motifs is 1. The molecule has 1 aliphatic carbocycles. The average Bonchev–Trinajstić information content (AvgIpc) is 3.21. The van der Waals surface area contributed by atoms with E-state index in [-0.39, 0.29) is 12.5 Å². The van der Waals surface area contributed by atoms with Gasteiger partial charge in [-0.15, -0.1) is 0 Å². The molecule has 0 unspecified atom stereocenters. The summed E-state index contributed by atoms with van der Waals surface area (Å²) in [5.74, 6) is 1.26. The van der Waals surface area contributed by atoms with E-state index in [1.165, 1.54) is 19.2 Å². The molecule has 0 radical (unpaired) electrons. The number of hydrogen-bond donors (Lipinski definition) is 2. The third-order valence-corrected chi connectivity index (χ3v) is 3.83. The Morgan fingerprint density at radius 2 is 2.30 bits per heavy atom. The number of amides is 1. The molecule has 0 aliphatic heterocycles. The molecule has 0 bridgehead atoms. The number of hydrogen-bond acceptors (Lipinski definition) is 5. The zero-order valence-corrected chi connectivity index (χ0v) is 12.6. The van der Waals surface area contributed by atoms with Gasteiger partial charge in [-0.25, -0.2) is 14.6 Å². The van der Waals surface area contributed by atoms with E-state index in [1.54, 1.807) is 4.68 Å². The molecule has 1 amide bonds. The molecule has 1 saturated carbocycles. The molecular formula is C12H15BrN6O. The second-order valence-corrected chi connectivity index (χ2v) is 5.69. The normalized spacial score (nSPS) is 14.5. The van der Waals surface area contributed by atoms with E-state index in [2.05, 4.69) is 41.6 Å². The van der Waals surface area contributed by atoms with E-state index in [1.807, 2.05) is 7.05 Å². The lowest BCUT2D eigenvalue weighted by Gasteiger charge is -2.07. The van der Waals surface area contributed by atoms with Gasteiger partial charge in [-0.05, 0) is 34.7 Å². The molecule has 7 nitrogen and oxygen atoms in total. The van der Waals surface area contributed by atoms with Crippen molar-refractivity contribution in [2.75, 3.05) is 18.4 Å². The lowest BCUT2D eigenvalue weighted by atomic mass is 10.4. The van der Waals surface area contributed by atoms with Gasteiger partial charge in [0.05, 0.1) is 11.9 Å². The Hall–Kier alpha value is -1.70. The molecule has 1 fully saturated rings. The van der Waals surface area contributed by atoms with Crippen LogP contribution in [-0.4, -0.2) is 38.7 Å². The molecule has 2 N–H and O–H groups in total. The Morgan fingerprint density at radius 1 is 1.50 bits per heavy atom. The van der Waals surface area contributed by atoms with Crippen LogP contribution < -0.4 is 10.6 Å². The summed E-state index contributed by atoms with van der Waals surface area (Å²) in [7, 11) is 1.81. The van der Waals surface area contributed by atoms with Gasteiger partial charge in [-0.1, -0.05) is 0 Å². The third kappa shape index (κ3) is 2.74. The van der Waals surface area contributed by atoms with Crippen LogP contribution in [0.25, 0.3) is 11.0 Å². The summed E-state index contributed by atoms with van der Waals surface area (Å²) >= 11 is 3.38. The third-order valence-electron chi connectivity index (χ3n) is 3.28. The Kier molecular flexibility index (Phi) is 3.56. The van der Waals surface area contributed by atoms with Crippen LogP contribution >= 0.6 is 15.9 Å². The smallest absolute Gasteiger partial charge is 0.239 e. The second kappa shape index (κ2) is 5.35. The van der Waals surface area contributed by atoms with Crippen LogP contribution in [0.15, 0.2) is 10.9 Å². The minimum absolute atomic E-state index is 0.0244. The quantitative estimate of drug-likeness (QED) is 0.851. The number of nitrogens with one attached hydrogen (secondary N) is 2. The van der Waals surface area contributed by atoms with Crippen molar-refractivity contribution in [3.63, 3.8) is 0 Å². The van der Waals surface area contributed by atoms with Crippen molar-refractivity contribution in [1.82, 2.24) is 25.1 Å². The fourth-order valence-corrected chi connectivity index (χ4v) is 2.58. The lowest BCUT2D eigenvalue weighted by molar-refractivity contribution is -0.119. The Labute approximate surface area is 124 Å². The summed E-state index contributed by atoms with van der Waals surface area (Å²) in [6.45, 7) is 0.969. The van der Waals surface area contributed by atoms with Crippen LogP contribution in [-0.2, 0) is 11.8 Å². The zero-order chi connectivity index (χ0) is 14.1. The summed E-state index contributed by atoms with van der Waals surface area (Å²) < 4.78 is 2.33. The van der Waals surface area contributed by atoms with E-state index in [4.69, 9.17) is 0 Å². The zero-order valence-electron chi connectivity index (χ0n) is 11.1. The first kappa shape index (κ1) is 13.3. The van der Waals surface area contributed by atoms with Gasteiger partial charge in [-0.2, -0.15) is 5.10 Å². The van der Waals surface area contributed by atoms with Gasteiger partial charge in [0.2, 0.25) is 5.91 Å². The van der Waals surface area contributed by atoms with Gasteiger partial charge in [0.1, 0.15) is 16.7 Å². The van der Waals surface area contributed by atoms with E-state index in [0.29, 0.717) is 22.0 Å². The molecule has 0 atom stereocenters. The van der Waals surface area contributed by atoms with E-state index >= 15 is 0 Å². The number of halogens is 1. The number of anilines is 1.